The van der Waals surface area contributed by atoms with E-state index in [1.807, 2.05) is 43.3 Å². The molecule has 0 radical (unpaired) electrons. The Morgan fingerprint density at radius 1 is 1.12 bits per heavy atom. The van der Waals surface area contributed by atoms with Crippen LogP contribution in [0.1, 0.15) is 22.3 Å². The Balaban J connectivity index is 1.83. The molecule has 0 aromatic heterocycles. The zero-order valence-corrected chi connectivity index (χ0v) is 14.3. The first kappa shape index (κ1) is 17.2. The van der Waals surface area contributed by atoms with Crippen LogP contribution in [0.2, 0.25) is 0 Å². The Hall–Kier alpha value is -2.66. The van der Waals surface area contributed by atoms with Gasteiger partial charge in [-0.15, -0.1) is 0 Å². The van der Waals surface area contributed by atoms with Crippen molar-refractivity contribution in [2.75, 3.05) is 13.7 Å². The Labute approximate surface area is 146 Å². The van der Waals surface area contributed by atoms with Crippen molar-refractivity contribution >= 4 is 11.9 Å². The fourth-order valence-corrected chi connectivity index (χ4v) is 3.25. The zero-order chi connectivity index (χ0) is 18.0. The molecule has 1 saturated heterocycles. The number of likely N-dealkylation sites (tertiary alicyclic amines) is 1. The molecule has 0 aliphatic carbocycles. The van der Waals surface area contributed by atoms with Gasteiger partial charge < -0.3 is 14.7 Å². The van der Waals surface area contributed by atoms with Crippen molar-refractivity contribution in [1.29, 1.82) is 0 Å². The fourth-order valence-electron chi connectivity index (χ4n) is 3.25. The monoisotopic (exact) mass is 339 g/mol. The number of hydrogen-bond donors (Lipinski definition) is 1. The lowest BCUT2D eigenvalue weighted by atomic mass is 9.99. The summed E-state index contributed by atoms with van der Waals surface area (Å²) in [6.07, 6.45) is -0.501. The molecule has 0 bridgehead atoms. The minimum absolute atomic E-state index is 0.137. The van der Waals surface area contributed by atoms with Gasteiger partial charge in [0.15, 0.2) is 0 Å². The predicted molar refractivity (Wildman–Crippen MR) is 94.1 cm³/mol. The maximum Gasteiger partial charge on any atom is 0.328 e. The van der Waals surface area contributed by atoms with E-state index in [1.165, 1.54) is 12.0 Å². The summed E-state index contributed by atoms with van der Waals surface area (Å²) >= 11 is 0. The molecule has 1 aliphatic heterocycles. The van der Waals surface area contributed by atoms with Crippen LogP contribution in [0.4, 0.5) is 0 Å². The van der Waals surface area contributed by atoms with Gasteiger partial charge in [0, 0.05) is 18.5 Å². The number of aliphatic hydroxyl groups is 1. The molecule has 0 unspecified atom stereocenters. The average Bonchev–Trinajstić information content (AvgIpc) is 3.03. The number of methoxy groups -OCH3 is 1. The summed E-state index contributed by atoms with van der Waals surface area (Å²) in [6.45, 7) is 2.18. The Bertz CT molecular complexity index is 785. The van der Waals surface area contributed by atoms with E-state index in [-0.39, 0.29) is 18.9 Å². The number of aliphatic hydroxyl groups excluding tert-OH is 1. The predicted octanol–water partition coefficient (Wildman–Crippen LogP) is 2.41. The quantitative estimate of drug-likeness (QED) is 0.872. The van der Waals surface area contributed by atoms with E-state index in [2.05, 4.69) is 0 Å². The minimum Gasteiger partial charge on any atom is -0.467 e. The highest BCUT2D eigenvalue weighted by Gasteiger charge is 2.39. The van der Waals surface area contributed by atoms with Crippen LogP contribution in [0.3, 0.4) is 0 Å². The van der Waals surface area contributed by atoms with Crippen molar-refractivity contribution in [3.05, 3.63) is 59.7 Å². The van der Waals surface area contributed by atoms with Crippen LogP contribution in [-0.2, 0) is 9.53 Å². The van der Waals surface area contributed by atoms with E-state index in [9.17, 15) is 14.7 Å². The maximum atomic E-state index is 12.7. The van der Waals surface area contributed by atoms with Crippen molar-refractivity contribution < 1.29 is 19.4 Å². The summed E-state index contributed by atoms with van der Waals surface area (Å²) in [4.78, 5) is 26.0. The van der Waals surface area contributed by atoms with E-state index in [0.29, 0.717) is 5.56 Å². The van der Waals surface area contributed by atoms with Gasteiger partial charge in [0.05, 0.1) is 13.2 Å². The van der Waals surface area contributed by atoms with E-state index in [4.69, 9.17) is 4.74 Å². The molecule has 2 aromatic carbocycles. The molecule has 25 heavy (non-hydrogen) atoms. The molecule has 1 heterocycles. The van der Waals surface area contributed by atoms with Crippen LogP contribution in [-0.4, -0.2) is 47.7 Å². The number of ether oxygens (including phenoxy) is 1. The number of carbonyl (C=O) groups is 2. The summed E-state index contributed by atoms with van der Waals surface area (Å²) in [5, 5.41) is 9.83. The van der Waals surface area contributed by atoms with E-state index in [1.54, 1.807) is 12.1 Å². The van der Waals surface area contributed by atoms with Gasteiger partial charge in [-0.2, -0.15) is 0 Å². The van der Waals surface area contributed by atoms with E-state index < -0.39 is 18.1 Å². The molecule has 0 spiro atoms. The standard InChI is InChI=1S/C20H21NO4/c1-13-5-3-4-6-17(13)14-7-9-15(10-8-14)19(23)21-12-16(22)11-18(21)20(24)25-2/h3-10,16,18,22H,11-12H2,1-2H3/t16-,18+/m1/s1. The van der Waals surface area contributed by atoms with Crippen LogP contribution in [0.15, 0.2) is 48.5 Å². The summed E-state index contributed by atoms with van der Waals surface area (Å²) in [7, 11) is 1.28. The third-order valence-electron chi connectivity index (χ3n) is 4.60. The number of amides is 1. The molecule has 3 rings (SSSR count). The van der Waals surface area contributed by atoms with Gasteiger partial charge in [-0.25, -0.2) is 4.79 Å². The average molecular weight is 339 g/mol. The van der Waals surface area contributed by atoms with Crippen molar-refractivity contribution in [3.63, 3.8) is 0 Å². The lowest BCUT2D eigenvalue weighted by Gasteiger charge is -2.22. The second-order valence-electron chi connectivity index (χ2n) is 6.28. The van der Waals surface area contributed by atoms with Gasteiger partial charge in [0.25, 0.3) is 5.91 Å². The van der Waals surface area contributed by atoms with Gasteiger partial charge in [-0.1, -0.05) is 36.4 Å². The highest BCUT2D eigenvalue weighted by Crippen LogP contribution is 2.25. The molecule has 5 nitrogen and oxygen atoms in total. The van der Waals surface area contributed by atoms with Gasteiger partial charge in [-0.3, -0.25) is 4.79 Å². The van der Waals surface area contributed by atoms with Crippen LogP contribution in [0, 0.1) is 6.92 Å². The molecule has 0 saturated carbocycles. The third-order valence-corrected chi connectivity index (χ3v) is 4.60. The summed E-state index contributed by atoms with van der Waals surface area (Å²) in [5.74, 6) is -0.773. The number of aryl methyl sites for hydroxylation is 1. The van der Waals surface area contributed by atoms with Crippen molar-refractivity contribution in [3.8, 4) is 11.1 Å². The Morgan fingerprint density at radius 2 is 1.80 bits per heavy atom. The summed E-state index contributed by atoms with van der Waals surface area (Å²) < 4.78 is 4.74. The lowest BCUT2D eigenvalue weighted by Crippen LogP contribution is -2.41. The third kappa shape index (κ3) is 3.42. The molecule has 1 amide bonds. The molecule has 2 atom stereocenters. The smallest absolute Gasteiger partial charge is 0.328 e. The first-order valence-corrected chi connectivity index (χ1v) is 8.24. The van der Waals surface area contributed by atoms with Gasteiger partial charge in [-0.05, 0) is 35.7 Å². The van der Waals surface area contributed by atoms with Crippen molar-refractivity contribution in [2.45, 2.75) is 25.5 Å². The highest BCUT2D eigenvalue weighted by atomic mass is 16.5. The maximum absolute atomic E-state index is 12.7. The van der Waals surface area contributed by atoms with Gasteiger partial charge >= 0.3 is 5.97 Å². The Morgan fingerprint density at radius 3 is 2.44 bits per heavy atom. The van der Waals surface area contributed by atoms with Crippen LogP contribution >= 0.6 is 0 Å². The first-order valence-electron chi connectivity index (χ1n) is 8.24. The number of esters is 1. The van der Waals surface area contributed by atoms with E-state index in [0.717, 1.165) is 16.7 Å². The number of β-amino-alcohol motifs (C(OH)–C–C–N with tert-alkyl or cyclic N) is 1. The molecule has 130 valence electrons. The largest absolute Gasteiger partial charge is 0.467 e. The molecule has 1 fully saturated rings. The van der Waals surface area contributed by atoms with Crippen LogP contribution in [0.25, 0.3) is 11.1 Å². The van der Waals surface area contributed by atoms with E-state index >= 15 is 0 Å². The summed E-state index contributed by atoms with van der Waals surface area (Å²) in [5.41, 5.74) is 3.79. The van der Waals surface area contributed by atoms with Crippen LogP contribution in [0.5, 0.6) is 0 Å². The number of rotatable bonds is 3. The molecular formula is C20H21NO4. The number of nitrogens with zero attached hydrogens (tertiary/aromatic N) is 1. The van der Waals surface area contributed by atoms with Gasteiger partial charge in [0.2, 0.25) is 0 Å². The van der Waals surface area contributed by atoms with Crippen LogP contribution < -0.4 is 0 Å². The molecule has 1 aliphatic rings. The normalized spacial score (nSPS) is 19.7. The minimum atomic E-state index is -0.733. The number of carbonyl (C=O) groups excluding carboxylic acids is 2. The molecule has 5 heteroatoms. The molecule has 1 N–H and O–H groups in total. The lowest BCUT2D eigenvalue weighted by molar-refractivity contribution is -0.145. The zero-order valence-electron chi connectivity index (χ0n) is 14.3. The number of benzene rings is 2. The molecule has 2 aromatic rings. The number of hydrogen-bond acceptors (Lipinski definition) is 4. The highest BCUT2D eigenvalue weighted by molar-refractivity contribution is 5.97. The Kier molecular flexibility index (Phi) is 4.86. The fraction of sp³-hybridized carbons (Fsp3) is 0.300. The molecular weight excluding hydrogens is 318 g/mol. The van der Waals surface area contributed by atoms with Crippen molar-refractivity contribution in [2.24, 2.45) is 0 Å². The second-order valence-corrected chi connectivity index (χ2v) is 6.28. The summed E-state index contributed by atoms with van der Waals surface area (Å²) in [6, 6.07) is 14.6. The van der Waals surface area contributed by atoms with Crippen molar-refractivity contribution in [1.82, 2.24) is 4.90 Å². The first-order chi connectivity index (χ1) is 12.0. The topological polar surface area (TPSA) is 66.8 Å². The second kappa shape index (κ2) is 7.07. The van der Waals surface area contributed by atoms with Gasteiger partial charge in [0.1, 0.15) is 6.04 Å². The SMILES string of the molecule is COC(=O)[C@@H]1C[C@@H](O)CN1C(=O)c1ccc(-c2ccccc2C)cc1.